The van der Waals surface area contributed by atoms with E-state index < -0.39 is 15.1 Å². The third-order valence-corrected chi connectivity index (χ3v) is 2.36. The lowest BCUT2D eigenvalue weighted by Crippen LogP contribution is -2.25. The van der Waals surface area contributed by atoms with Crippen molar-refractivity contribution in [3.63, 3.8) is 0 Å². The molecule has 72 valence electrons. The van der Waals surface area contributed by atoms with Crippen molar-refractivity contribution in [3.05, 3.63) is 0 Å². The lowest BCUT2D eigenvalue weighted by molar-refractivity contribution is -0.138. The molecule has 0 aliphatic heterocycles. The Morgan fingerprint density at radius 2 is 1.92 bits per heavy atom. The van der Waals surface area contributed by atoms with Crippen LogP contribution in [0.25, 0.3) is 0 Å². The molecule has 0 heterocycles. The number of carboxylic acids is 1. The third-order valence-electron chi connectivity index (χ3n) is 1.23. The Morgan fingerprint density at radius 3 is 2.25 bits per heavy atom. The normalized spacial score (nSPS) is 12.1. The molecule has 0 aliphatic carbocycles. The summed E-state index contributed by atoms with van der Waals surface area (Å²) in [6.45, 7) is 0. The Kier molecular flexibility index (Phi) is 5.66. The number of carboxylic acid groups (broad SMARTS) is 1. The first-order valence-corrected chi connectivity index (χ1v) is 4.88. The summed E-state index contributed by atoms with van der Waals surface area (Å²) in [7, 11) is 0. The van der Waals surface area contributed by atoms with Crippen molar-refractivity contribution >= 4 is 52.4 Å². The van der Waals surface area contributed by atoms with E-state index in [1.807, 2.05) is 0 Å². The van der Waals surface area contributed by atoms with E-state index in [4.69, 9.17) is 51.5 Å². The number of hydrogen-bond donors (Lipinski definition) is 1. The van der Waals surface area contributed by atoms with Crippen LogP contribution in [0.3, 0.4) is 0 Å². The van der Waals surface area contributed by atoms with E-state index in [-0.39, 0.29) is 6.42 Å². The van der Waals surface area contributed by atoms with Crippen molar-refractivity contribution in [1.29, 1.82) is 0 Å². The largest absolute Gasteiger partial charge is 0.479 e. The van der Waals surface area contributed by atoms with Crippen LogP contribution in [0, 0.1) is 0 Å². The topological polar surface area (TPSA) is 37.3 Å². The molecule has 0 radical (unpaired) electrons. The molecule has 12 heavy (non-hydrogen) atoms. The fraction of sp³-hybridized carbons (Fsp3) is 0.833. The molecule has 0 fully saturated rings. The molecule has 0 aliphatic rings. The van der Waals surface area contributed by atoms with E-state index in [1.54, 1.807) is 0 Å². The van der Waals surface area contributed by atoms with Gasteiger partial charge in [-0.2, -0.15) is 0 Å². The van der Waals surface area contributed by atoms with Gasteiger partial charge in [0.25, 0.3) is 0 Å². The monoisotopic (exact) mass is 252 g/mol. The number of alkyl halides is 4. The van der Waals surface area contributed by atoms with Crippen LogP contribution in [0.4, 0.5) is 0 Å². The fourth-order valence-electron chi connectivity index (χ4n) is 0.585. The average molecular weight is 254 g/mol. The van der Waals surface area contributed by atoms with Gasteiger partial charge in [0.05, 0.1) is 0 Å². The van der Waals surface area contributed by atoms with Gasteiger partial charge in [-0.3, -0.25) is 0 Å². The fourth-order valence-corrected chi connectivity index (χ4v) is 1.16. The summed E-state index contributed by atoms with van der Waals surface area (Å²) in [5.74, 6) is -1.24. The number of rotatable bonds is 5. The van der Waals surface area contributed by atoms with Crippen molar-refractivity contribution in [3.8, 4) is 0 Å². The summed E-state index contributed by atoms with van der Waals surface area (Å²) in [4.78, 5) is 9.87. The summed E-state index contributed by atoms with van der Waals surface area (Å²) in [6.07, 6.45) is 1.11. The van der Waals surface area contributed by atoms with Crippen LogP contribution in [0.5, 0.6) is 0 Å². The zero-order chi connectivity index (χ0) is 9.78. The minimum atomic E-state index is -1.72. The maximum absolute atomic E-state index is 10.4. The van der Waals surface area contributed by atoms with E-state index >= 15 is 0 Å². The molecule has 0 atom stereocenters. The van der Waals surface area contributed by atoms with Crippen LogP contribution in [0.15, 0.2) is 0 Å². The average Bonchev–Trinajstić information content (AvgIpc) is 1.85. The van der Waals surface area contributed by atoms with Gasteiger partial charge < -0.3 is 5.11 Å². The standard InChI is InChI=1S/C6H8Cl4O2/c7-4(8)2-1-3-6(9,10)5(11)12/h4H,1-3H2,(H,11,12). The molecule has 0 aromatic carbocycles. The van der Waals surface area contributed by atoms with Gasteiger partial charge in [-0.1, -0.05) is 23.2 Å². The highest BCUT2D eigenvalue weighted by Crippen LogP contribution is 2.28. The van der Waals surface area contributed by atoms with Crippen LogP contribution in [-0.2, 0) is 4.79 Å². The van der Waals surface area contributed by atoms with Crippen LogP contribution < -0.4 is 0 Å². The first kappa shape index (κ1) is 12.6. The zero-order valence-electron chi connectivity index (χ0n) is 6.07. The quantitative estimate of drug-likeness (QED) is 0.764. The third kappa shape index (κ3) is 5.31. The van der Waals surface area contributed by atoms with Gasteiger partial charge in [-0.05, 0) is 19.3 Å². The van der Waals surface area contributed by atoms with Gasteiger partial charge in [0.1, 0.15) is 4.84 Å². The van der Waals surface area contributed by atoms with Crippen molar-refractivity contribution in [2.24, 2.45) is 0 Å². The molecular formula is C6H8Cl4O2. The minimum absolute atomic E-state index is 0.140. The van der Waals surface area contributed by atoms with E-state index in [2.05, 4.69) is 0 Å². The van der Waals surface area contributed by atoms with Gasteiger partial charge in [-0.15, -0.1) is 23.2 Å². The second-order valence-corrected chi connectivity index (χ2v) is 5.05. The Bertz CT molecular complexity index is 158. The second kappa shape index (κ2) is 5.38. The molecule has 0 spiro atoms. The molecule has 0 aromatic rings. The number of hydrogen-bond acceptors (Lipinski definition) is 1. The Morgan fingerprint density at radius 1 is 1.42 bits per heavy atom. The van der Waals surface area contributed by atoms with Crippen LogP contribution >= 0.6 is 46.4 Å². The van der Waals surface area contributed by atoms with E-state index in [1.165, 1.54) is 0 Å². The first-order valence-electron chi connectivity index (χ1n) is 3.25. The predicted octanol–water partition coefficient (Wildman–Crippen LogP) is 3.22. The van der Waals surface area contributed by atoms with E-state index in [0.29, 0.717) is 12.8 Å². The molecule has 0 amide bonds. The van der Waals surface area contributed by atoms with Gasteiger partial charge in [0.2, 0.25) is 4.33 Å². The van der Waals surface area contributed by atoms with E-state index in [9.17, 15) is 4.79 Å². The highest BCUT2D eigenvalue weighted by molar-refractivity contribution is 6.57. The van der Waals surface area contributed by atoms with Crippen LogP contribution in [-0.4, -0.2) is 20.2 Å². The maximum Gasteiger partial charge on any atom is 0.340 e. The molecule has 0 unspecified atom stereocenters. The molecule has 6 heteroatoms. The second-order valence-electron chi connectivity index (χ2n) is 2.29. The summed E-state index contributed by atoms with van der Waals surface area (Å²) in [5, 5.41) is 8.48. The molecule has 0 bridgehead atoms. The molecule has 0 saturated heterocycles. The van der Waals surface area contributed by atoms with Crippen LogP contribution in [0.1, 0.15) is 19.3 Å². The molecular weight excluding hydrogens is 246 g/mol. The summed E-state index contributed by atoms with van der Waals surface area (Å²) in [5.41, 5.74) is 0. The predicted molar refractivity (Wildman–Crippen MR) is 51.4 cm³/mol. The molecule has 1 N–H and O–H groups in total. The Labute approximate surface area is 90.7 Å². The zero-order valence-corrected chi connectivity index (χ0v) is 9.09. The number of aliphatic carboxylic acids is 1. The molecule has 0 aromatic heterocycles. The maximum atomic E-state index is 10.4. The van der Waals surface area contributed by atoms with Gasteiger partial charge in [-0.25, -0.2) is 4.79 Å². The SMILES string of the molecule is O=C(O)C(Cl)(Cl)CCCC(Cl)Cl. The first-order chi connectivity index (χ1) is 5.36. The van der Waals surface area contributed by atoms with Gasteiger partial charge in [0, 0.05) is 0 Å². The summed E-state index contributed by atoms with van der Waals surface area (Å²) < 4.78 is -1.72. The Balaban J connectivity index is 3.69. The molecule has 0 rings (SSSR count). The van der Waals surface area contributed by atoms with Crippen molar-refractivity contribution in [1.82, 2.24) is 0 Å². The smallest absolute Gasteiger partial charge is 0.340 e. The Hall–Kier alpha value is 0.630. The minimum Gasteiger partial charge on any atom is -0.479 e. The molecule has 0 saturated carbocycles. The molecule has 2 nitrogen and oxygen atoms in total. The number of carbonyl (C=O) groups is 1. The van der Waals surface area contributed by atoms with Gasteiger partial charge in [0.15, 0.2) is 0 Å². The van der Waals surface area contributed by atoms with E-state index in [0.717, 1.165) is 0 Å². The lowest BCUT2D eigenvalue weighted by atomic mass is 10.2. The van der Waals surface area contributed by atoms with Crippen molar-refractivity contribution < 1.29 is 9.90 Å². The summed E-state index contributed by atoms with van der Waals surface area (Å²) >= 11 is 21.7. The highest BCUT2D eigenvalue weighted by atomic mass is 35.5. The van der Waals surface area contributed by atoms with Gasteiger partial charge >= 0.3 is 5.97 Å². The highest BCUT2D eigenvalue weighted by Gasteiger charge is 2.32. The lowest BCUT2D eigenvalue weighted by Gasteiger charge is -2.13. The van der Waals surface area contributed by atoms with Crippen molar-refractivity contribution in [2.45, 2.75) is 28.4 Å². The van der Waals surface area contributed by atoms with Crippen molar-refractivity contribution in [2.75, 3.05) is 0 Å². The number of halogens is 4. The van der Waals surface area contributed by atoms with Crippen LogP contribution in [0.2, 0.25) is 0 Å². The summed E-state index contributed by atoms with van der Waals surface area (Å²) in [6, 6.07) is 0.